The zero-order valence-electron chi connectivity index (χ0n) is 17.6. The van der Waals surface area contributed by atoms with Crippen LogP contribution >= 0.6 is 0 Å². The van der Waals surface area contributed by atoms with E-state index in [0.29, 0.717) is 11.7 Å². The van der Waals surface area contributed by atoms with Crippen molar-refractivity contribution in [2.45, 2.75) is 25.7 Å². The molecule has 2 aromatic rings. The Kier molecular flexibility index (Phi) is 5.66. The van der Waals surface area contributed by atoms with Crippen molar-refractivity contribution in [3.05, 3.63) is 24.3 Å². The third kappa shape index (κ3) is 4.06. The number of nitrogens with zero attached hydrogens (tertiary/aromatic N) is 7. The van der Waals surface area contributed by atoms with Gasteiger partial charge in [0.05, 0.1) is 18.6 Å². The van der Waals surface area contributed by atoms with E-state index >= 15 is 0 Å². The van der Waals surface area contributed by atoms with Gasteiger partial charge in [-0.15, -0.1) is 0 Å². The molecule has 5 heterocycles. The Balaban J connectivity index is 1.08. The number of carbonyl (C=O) groups excluding carboxylic acids is 1. The van der Waals surface area contributed by atoms with Crippen LogP contribution in [0.15, 0.2) is 18.7 Å². The zero-order valence-corrected chi connectivity index (χ0v) is 17.6. The quantitative estimate of drug-likeness (QED) is 0.647. The third-order valence-electron chi connectivity index (χ3n) is 6.95. The number of likely N-dealkylation sites (tertiary alicyclic amines) is 2. The van der Waals surface area contributed by atoms with Crippen molar-refractivity contribution >= 4 is 11.7 Å². The molecule has 1 atom stereocenters. The fraction of sp³-hybridized carbons (Fsp3) is 0.714. The van der Waals surface area contributed by atoms with Crippen LogP contribution in [0.1, 0.15) is 24.8 Å². The molecule has 30 heavy (non-hydrogen) atoms. The molecule has 1 spiro atoms. The van der Waals surface area contributed by atoms with E-state index in [1.165, 1.54) is 11.9 Å². The largest absolute Gasteiger partial charge is 0.379 e. The molecule has 2 aromatic heterocycles. The number of ether oxygens (including phenoxy) is 1. The van der Waals surface area contributed by atoms with Gasteiger partial charge in [-0.1, -0.05) is 0 Å². The second-order valence-electron chi connectivity index (χ2n) is 8.87. The lowest BCUT2D eigenvalue weighted by Gasteiger charge is -2.29. The Bertz CT molecular complexity index is 881. The van der Waals surface area contributed by atoms with Crippen LogP contribution in [0, 0.1) is 5.41 Å². The van der Waals surface area contributed by atoms with Crippen LogP contribution in [0.5, 0.6) is 0 Å². The van der Waals surface area contributed by atoms with Gasteiger partial charge in [-0.3, -0.25) is 9.69 Å². The molecule has 1 amide bonds. The summed E-state index contributed by atoms with van der Waals surface area (Å²) in [6.45, 7) is 9.33. The number of hydrogen-bond acceptors (Lipinski definition) is 7. The maximum Gasteiger partial charge on any atom is 0.252 e. The minimum Gasteiger partial charge on any atom is -0.379 e. The third-order valence-corrected chi connectivity index (χ3v) is 6.95. The average molecular weight is 414 g/mol. The number of aromatic nitrogens is 4. The number of morpholine rings is 1. The molecule has 3 fully saturated rings. The second-order valence-corrected chi connectivity index (χ2v) is 8.87. The second kappa shape index (κ2) is 8.56. The first-order valence-corrected chi connectivity index (χ1v) is 11.2. The highest BCUT2D eigenvalue weighted by molar-refractivity contribution is 5.85. The summed E-state index contributed by atoms with van der Waals surface area (Å²) in [5, 5.41) is 4.15. The summed E-state index contributed by atoms with van der Waals surface area (Å²) in [5.41, 5.74) is 1.04. The lowest BCUT2D eigenvalue weighted by molar-refractivity contribution is -0.135. The van der Waals surface area contributed by atoms with E-state index < -0.39 is 0 Å². The zero-order chi connectivity index (χ0) is 20.4. The lowest BCUT2D eigenvalue weighted by atomic mass is 9.85. The Morgan fingerprint density at radius 1 is 1.00 bits per heavy atom. The van der Waals surface area contributed by atoms with Gasteiger partial charge in [0.1, 0.15) is 6.33 Å². The molecule has 0 N–H and O–H groups in total. The van der Waals surface area contributed by atoms with E-state index in [2.05, 4.69) is 29.8 Å². The van der Waals surface area contributed by atoms with E-state index in [0.717, 1.165) is 91.3 Å². The summed E-state index contributed by atoms with van der Waals surface area (Å²) < 4.78 is 7.14. The molecule has 3 aliphatic rings. The molecule has 0 bridgehead atoms. The Labute approximate surface area is 177 Å². The van der Waals surface area contributed by atoms with E-state index in [-0.39, 0.29) is 5.41 Å². The van der Waals surface area contributed by atoms with Gasteiger partial charge in [-0.25, -0.2) is 9.50 Å². The summed E-state index contributed by atoms with van der Waals surface area (Å²) in [6.07, 6.45) is 9.47. The molecular formula is C21H31N7O2. The lowest BCUT2D eigenvalue weighted by Crippen LogP contribution is -2.43. The highest BCUT2D eigenvalue weighted by atomic mass is 16.5. The molecule has 1 unspecified atom stereocenters. The molecule has 0 radical (unpaired) electrons. The van der Waals surface area contributed by atoms with Crippen molar-refractivity contribution in [3.63, 3.8) is 0 Å². The molecular weight excluding hydrogens is 382 g/mol. The summed E-state index contributed by atoms with van der Waals surface area (Å²) in [6, 6.07) is 0. The molecule has 162 valence electrons. The topological polar surface area (TPSA) is 79.1 Å². The van der Waals surface area contributed by atoms with Crippen molar-refractivity contribution in [1.82, 2.24) is 34.3 Å². The summed E-state index contributed by atoms with van der Waals surface area (Å²) >= 11 is 0. The summed E-state index contributed by atoms with van der Waals surface area (Å²) in [5.74, 6) is 1.03. The summed E-state index contributed by atoms with van der Waals surface area (Å²) in [4.78, 5) is 28.6. The predicted octanol–water partition coefficient (Wildman–Crippen LogP) is 0.314. The molecule has 3 aliphatic heterocycles. The molecule has 5 rings (SSSR count). The number of amides is 1. The fourth-order valence-corrected chi connectivity index (χ4v) is 5.12. The maximum absolute atomic E-state index is 13.2. The highest BCUT2D eigenvalue weighted by Crippen LogP contribution is 2.40. The van der Waals surface area contributed by atoms with Crippen LogP contribution in [0.4, 0.5) is 0 Å². The van der Waals surface area contributed by atoms with Crippen LogP contribution in [-0.2, 0) is 16.0 Å². The van der Waals surface area contributed by atoms with Crippen molar-refractivity contribution in [1.29, 1.82) is 0 Å². The SMILES string of the molecule is O=C1N(CCN2CCOCC2)CCC12CCN(CCCc1cnc3ncnn3c1)C2. The highest BCUT2D eigenvalue weighted by Gasteiger charge is 2.50. The molecule has 3 saturated heterocycles. The van der Waals surface area contributed by atoms with Crippen molar-refractivity contribution in [3.8, 4) is 0 Å². The van der Waals surface area contributed by atoms with Crippen LogP contribution in [0.3, 0.4) is 0 Å². The predicted molar refractivity (Wildman–Crippen MR) is 111 cm³/mol. The molecule has 9 heteroatoms. The normalized spacial score (nSPS) is 25.9. The van der Waals surface area contributed by atoms with E-state index in [1.54, 1.807) is 4.52 Å². The molecule has 0 aromatic carbocycles. The van der Waals surface area contributed by atoms with Gasteiger partial charge in [0.15, 0.2) is 0 Å². The van der Waals surface area contributed by atoms with Gasteiger partial charge in [0, 0.05) is 51.7 Å². The number of aryl methyl sites for hydroxylation is 1. The standard InChI is InChI=1S/C21H31N7O2/c29-19-21(4-7-27(19)9-8-25-10-12-30-13-11-25)3-6-26(16-21)5-1-2-18-14-22-20-23-17-24-28(20)15-18/h14-15,17H,1-13,16H2. The van der Waals surface area contributed by atoms with Gasteiger partial charge in [0.2, 0.25) is 5.91 Å². The number of carbonyl (C=O) groups is 1. The molecule has 0 saturated carbocycles. The van der Waals surface area contributed by atoms with Gasteiger partial charge in [-0.05, 0) is 44.3 Å². The number of fused-ring (bicyclic) bond motifs is 1. The maximum atomic E-state index is 13.2. The van der Waals surface area contributed by atoms with E-state index in [9.17, 15) is 4.79 Å². The monoisotopic (exact) mass is 413 g/mol. The number of rotatable bonds is 7. The van der Waals surface area contributed by atoms with Gasteiger partial charge in [-0.2, -0.15) is 10.1 Å². The van der Waals surface area contributed by atoms with E-state index in [1.807, 2.05) is 12.4 Å². The first-order valence-electron chi connectivity index (χ1n) is 11.2. The van der Waals surface area contributed by atoms with Crippen molar-refractivity contribution in [2.24, 2.45) is 5.41 Å². The Morgan fingerprint density at radius 3 is 2.77 bits per heavy atom. The number of hydrogen-bond donors (Lipinski definition) is 0. The van der Waals surface area contributed by atoms with E-state index in [4.69, 9.17) is 4.74 Å². The molecule has 9 nitrogen and oxygen atoms in total. The van der Waals surface area contributed by atoms with Crippen molar-refractivity contribution in [2.75, 3.05) is 65.6 Å². The van der Waals surface area contributed by atoms with Gasteiger partial charge < -0.3 is 14.5 Å². The van der Waals surface area contributed by atoms with Gasteiger partial charge in [0.25, 0.3) is 5.78 Å². The minimum atomic E-state index is -0.133. The first kappa shape index (κ1) is 19.8. The van der Waals surface area contributed by atoms with Gasteiger partial charge >= 0.3 is 0 Å². The average Bonchev–Trinajstić information content (AvgIpc) is 3.48. The van der Waals surface area contributed by atoms with Crippen LogP contribution in [0.2, 0.25) is 0 Å². The Hall–Kier alpha value is -2.10. The minimum absolute atomic E-state index is 0.133. The smallest absolute Gasteiger partial charge is 0.252 e. The van der Waals surface area contributed by atoms with Crippen molar-refractivity contribution < 1.29 is 9.53 Å². The molecule has 0 aliphatic carbocycles. The van der Waals surface area contributed by atoms with Crippen LogP contribution < -0.4 is 0 Å². The fourth-order valence-electron chi connectivity index (χ4n) is 5.12. The first-order chi connectivity index (χ1) is 14.7. The Morgan fingerprint density at radius 2 is 1.87 bits per heavy atom. The van der Waals surface area contributed by atoms with Crippen LogP contribution in [0.25, 0.3) is 5.78 Å². The summed E-state index contributed by atoms with van der Waals surface area (Å²) in [7, 11) is 0. The van der Waals surface area contributed by atoms with Crippen LogP contribution in [-0.4, -0.2) is 106 Å².